The maximum atomic E-state index is 11.8. The molecule has 8 heteroatoms. The van der Waals surface area contributed by atoms with E-state index in [2.05, 4.69) is 0 Å². The summed E-state index contributed by atoms with van der Waals surface area (Å²) in [5.41, 5.74) is 1.79. The third kappa shape index (κ3) is 5.63. The maximum absolute atomic E-state index is 11.8. The molecule has 0 heterocycles. The topological polar surface area (TPSA) is 149 Å². The van der Waals surface area contributed by atoms with E-state index in [1.165, 1.54) is 30.3 Å². The highest BCUT2D eigenvalue weighted by Gasteiger charge is 2.24. The smallest absolute Gasteiger partial charge is 0.337 e. The molecule has 4 aromatic carbocycles. The van der Waals surface area contributed by atoms with Crippen LogP contribution in [0.4, 0.5) is 0 Å². The van der Waals surface area contributed by atoms with Gasteiger partial charge < -0.3 is 20.4 Å². The quantitative estimate of drug-likeness (QED) is 0.280. The van der Waals surface area contributed by atoms with Crippen molar-refractivity contribution in [1.29, 1.82) is 0 Å². The van der Waals surface area contributed by atoms with E-state index in [-0.39, 0.29) is 22.3 Å². The van der Waals surface area contributed by atoms with Crippen LogP contribution in [-0.4, -0.2) is 44.3 Å². The summed E-state index contributed by atoms with van der Waals surface area (Å²) in [4.78, 5) is 44.3. The summed E-state index contributed by atoms with van der Waals surface area (Å²) >= 11 is 0. The lowest BCUT2D eigenvalue weighted by molar-refractivity contribution is 0.0651. The molecule has 0 aliphatic carbocycles. The Morgan fingerprint density at radius 3 is 1.25 bits per heavy atom. The lowest BCUT2D eigenvalue weighted by Gasteiger charge is -2.15. The zero-order valence-corrected chi connectivity index (χ0v) is 18.7. The fraction of sp³-hybridized carbons (Fsp3) is 0. The van der Waals surface area contributed by atoms with Gasteiger partial charge in [-0.1, -0.05) is 78.9 Å². The Morgan fingerprint density at radius 2 is 0.833 bits per heavy atom. The molecule has 4 rings (SSSR count). The minimum Gasteiger partial charge on any atom is -0.478 e. The first-order valence-corrected chi connectivity index (χ1v) is 10.5. The monoisotopic (exact) mass is 484 g/mol. The molecule has 4 N–H and O–H groups in total. The zero-order valence-electron chi connectivity index (χ0n) is 18.7. The molecule has 0 aromatic heterocycles. The van der Waals surface area contributed by atoms with Crippen LogP contribution < -0.4 is 0 Å². The normalized spacial score (nSPS) is 10.0. The first-order valence-electron chi connectivity index (χ1n) is 10.5. The van der Waals surface area contributed by atoms with E-state index in [9.17, 15) is 29.4 Å². The summed E-state index contributed by atoms with van der Waals surface area (Å²) in [5.74, 6) is -4.98. The number of benzene rings is 4. The molecule has 4 aromatic rings. The number of carboxylic acid groups (broad SMARTS) is 4. The van der Waals surface area contributed by atoms with E-state index < -0.39 is 23.9 Å². The van der Waals surface area contributed by atoms with Crippen molar-refractivity contribution >= 4 is 23.9 Å². The Hall–Kier alpha value is -5.24. The highest BCUT2D eigenvalue weighted by molar-refractivity contribution is 6.09. The summed E-state index contributed by atoms with van der Waals surface area (Å²) in [6.07, 6.45) is 0. The van der Waals surface area contributed by atoms with Crippen LogP contribution in [0.2, 0.25) is 0 Å². The van der Waals surface area contributed by atoms with Gasteiger partial charge in [0, 0.05) is 5.56 Å². The molecule has 0 fully saturated rings. The van der Waals surface area contributed by atoms with Crippen molar-refractivity contribution in [3.63, 3.8) is 0 Å². The Kier molecular flexibility index (Phi) is 7.94. The molecule has 0 spiro atoms. The third-order valence-corrected chi connectivity index (χ3v) is 5.18. The number of hydrogen-bond donors (Lipinski definition) is 4. The van der Waals surface area contributed by atoms with Crippen molar-refractivity contribution in [3.05, 3.63) is 119 Å². The van der Waals surface area contributed by atoms with Gasteiger partial charge in [-0.25, -0.2) is 19.2 Å². The molecular formula is C28H20O8. The molecule has 0 amide bonds. The van der Waals surface area contributed by atoms with Crippen molar-refractivity contribution < 1.29 is 39.6 Å². The van der Waals surface area contributed by atoms with Gasteiger partial charge in [0.1, 0.15) is 0 Å². The molecule has 8 nitrogen and oxygen atoms in total. The van der Waals surface area contributed by atoms with Crippen LogP contribution in [-0.2, 0) is 0 Å². The van der Waals surface area contributed by atoms with Gasteiger partial charge in [0.25, 0.3) is 0 Å². The van der Waals surface area contributed by atoms with Gasteiger partial charge in [-0.15, -0.1) is 0 Å². The number of aromatic carboxylic acids is 4. The fourth-order valence-electron chi connectivity index (χ4n) is 3.62. The van der Waals surface area contributed by atoms with Crippen LogP contribution in [0.3, 0.4) is 0 Å². The van der Waals surface area contributed by atoms with Crippen molar-refractivity contribution in [2.45, 2.75) is 0 Å². The Balaban J connectivity index is 0.000000253. The molecule has 0 aliphatic heterocycles. The van der Waals surface area contributed by atoms with E-state index in [1.807, 2.05) is 36.4 Å². The van der Waals surface area contributed by atoms with Crippen LogP contribution >= 0.6 is 0 Å². The van der Waals surface area contributed by atoms with E-state index >= 15 is 0 Å². The largest absolute Gasteiger partial charge is 0.478 e. The van der Waals surface area contributed by atoms with E-state index in [0.717, 1.165) is 5.56 Å². The minimum absolute atomic E-state index is 0.190. The zero-order chi connectivity index (χ0) is 26.2. The van der Waals surface area contributed by atoms with E-state index in [1.54, 1.807) is 30.3 Å². The van der Waals surface area contributed by atoms with Crippen LogP contribution in [0.15, 0.2) is 97.1 Å². The molecule has 0 saturated carbocycles. The average molecular weight is 484 g/mol. The number of rotatable bonds is 6. The predicted molar refractivity (Wildman–Crippen MR) is 132 cm³/mol. The van der Waals surface area contributed by atoms with Crippen molar-refractivity contribution in [2.24, 2.45) is 0 Å². The molecule has 0 saturated heterocycles. The number of hydrogen-bond acceptors (Lipinski definition) is 4. The Bertz CT molecular complexity index is 1390. The predicted octanol–water partition coefficient (Wildman–Crippen LogP) is 5.50. The summed E-state index contributed by atoms with van der Waals surface area (Å²) in [5, 5.41) is 36.2. The Labute approximate surface area is 205 Å². The second kappa shape index (κ2) is 11.3. The second-order valence-corrected chi connectivity index (χ2v) is 7.41. The lowest BCUT2D eigenvalue weighted by atomic mass is 9.87. The first kappa shape index (κ1) is 25.4. The minimum atomic E-state index is -1.26. The van der Waals surface area contributed by atoms with Gasteiger partial charge in [0.05, 0.1) is 22.3 Å². The molecule has 180 valence electrons. The highest BCUT2D eigenvalue weighted by Crippen LogP contribution is 2.36. The summed E-state index contributed by atoms with van der Waals surface area (Å²) in [6.45, 7) is 0. The van der Waals surface area contributed by atoms with Gasteiger partial charge >= 0.3 is 23.9 Å². The molecule has 0 radical (unpaired) electrons. The highest BCUT2D eigenvalue weighted by atomic mass is 16.4. The van der Waals surface area contributed by atoms with Gasteiger partial charge in [-0.3, -0.25) is 0 Å². The number of carbonyl (C=O) groups is 4. The van der Waals surface area contributed by atoms with E-state index in [0.29, 0.717) is 16.7 Å². The Morgan fingerprint density at radius 1 is 0.417 bits per heavy atom. The van der Waals surface area contributed by atoms with E-state index in [4.69, 9.17) is 10.2 Å². The van der Waals surface area contributed by atoms with Crippen molar-refractivity contribution in [1.82, 2.24) is 0 Å². The van der Waals surface area contributed by atoms with Crippen molar-refractivity contribution in [3.8, 4) is 22.3 Å². The summed E-state index contributed by atoms with van der Waals surface area (Å²) < 4.78 is 0. The molecule has 36 heavy (non-hydrogen) atoms. The lowest BCUT2D eigenvalue weighted by Crippen LogP contribution is -2.11. The molecule has 0 bridgehead atoms. The molecule has 0 atom stereocenters. The first-order chi connectivity index (χ1) is 17.2. The number of carboxylic acids is 4. The SMILES string of the molecule is O=C(O)c1ccc(-c2ccccc2)c(-c2ccccc2)c1C(=O)O.O=C(O)c1ccccc1C(=O)O. The van der Waals surface area contributed by atoms with Crippen LogP contribution in [0.25, 0.3) is 22.3 Å². The third-order valence-electron chi connectivity index (χ3n) is 5.18. The molecular weight excluding hydrogens is 464 g/mol. The van der Waals surface area contributed by atoms with Gasteiger partial charge in [0.2, 0.25) is 0 Å². The summed E-state index contributed by atoms with van der Waals surface area (Å²) in [6, 6.07) is 26.8. The average Bonchev–Trinajstić information content (AvgIpc) is 2.89. The molecule has 0 unspecified atom stereocenters. The second-order valence-electron chi connectivity index (χ2n) is 7.41. The fourth-order valence-corrected chi connectivity index (χ4v) is 3.62. The van der Waals surface area contributed by atoms with Crippen LogP contribution in [0, 0.1) is 0 Å². The summed E-state index contributed by atoms with van der Waals surface area (Å²) in [7, 11) is 0. The maximum Gasteiger partial charge on any atom is 0.337 e. The van der Waals surface area contributed by atoms with Gasteiger partial charge in [0.15, 0.2) is 0 Å². The van der Waals surface area contributed by atoms with Crippen LogP contribution in [0.1, 0.15) is 41.4 Å². The van der Waals surface area contributed by atoms with Gasteiger partial charge in [-0.05, 0) is 34.9 Å². The van der Waals surface area contributed by atoms with Gasteiger partial charge in [-0.2, -0.15) is 0 Å². The van der Waals surface area contributed by atoms with Crippen LogP contribution in [0.5, 0.6) is 0 Å². The standard InChI is InChI=1S/C20H14O4.C8H6O4/c21-19(22)16-12-11-15(13-7-3-1-4-8-13)17(18(16)20(23)24)14-9-5-2-6-10-14;9-7(10)5-3-1-2-4-6(5)8(11)12/h1-12H,(H,21,22)(H,23,24);1-4H,(H,9,10)(H,11,12). The van der Waals surface area contributed by atoms with Crippen molar-refractivity contribution in [2.75, 3.05) is 0 Å². The molecule has 0 aliphatic rings.